The third-order valence-electron chi connectivity index (χ3n) is 5.73. The van der Waals surface area contributed by atoms with Gasteiger partial charge in [0, 0.05) is 6.92 Å². The molecule has 134 valence electrons. The number of amides is 1. The first-order valence-corrected chi connectivity index (χ1v) is 9.07. The fraction of sp³-hybridized carbons (Fsp3) is 0.524. The maximum atomic E-state index is 12.9. The lowest BCUT2D eigenvalue weighted by Gasteiger charge is -2.37. The molecule has 0 aromatic heterocycles. The van der Waals surface area contributed by atoms with Crippen LogP contribution in [0.5, 0.6) is 0 Å². The van der Waals surface area contributed by atoms with Gasteiger partial charge < -0.3 is 10.1 Å². The maximum Gasteiger partial charge on any atom is 0.307 e. The Morgan fingerprint density at radius 2 is 1.72 bits per heavy atom. The maximum absolute atomic E-state index is 12.9. The van der Waals surface area contributed by atoms with Crippen molar-refractivity contribution in [2.75, 3.05) is 0 Å². The van der Waals surface area contributed by atoms with Crippen LogP contribution in [-0.4, -0.2) is 17.4 Å². The Morgan fingerprint density at radius 1 is 1.12 bits per heavy atom. The van der Waals surface area contributed by atoms with Crippen LogP contribution in [0.3, 0.4) is 0 Å². The van der Waals surface area contributed by atoms with Crippen molar-refractivity contribution in [1.82, 2.24) is 5.32 Å². The van der Waals surface area contributed by atoms with Gasteiger partial charge in [-0.2, -0.15) is 0 Å². The Bertz CT molecular complexity index is 768. The molecule has 25 heavy (non-hydrogen) atoms. The smallest absolute Gasteiger partial charge is 0.307 e. The zero-order valence-electron chi connectivity index (χ0n) is 15.8. The van der Waals surface area contributed by atoms with Crippen LogP contribution in [0.15, 0.2) is 17.9 Å². The van der Waals surface area contributed by atoms with E-state index in [0.29, 0.717) is 17.3 Å². The SMILES string of the molecule is CC(=O)OC1=C(c2cc(C)c(C)cc2C)C(=O)NC12CCC(C)CC2. The van der Waals surface area contributed by atoms with E-state index in [4.69, 9.17) is 4.74 Å². The number of esters is 1. The van der Waals surface area contributed by atoms with E-state index < -0.39 is 5.54 Å². The first-order chi connectivity index (χ1) is 11.7. The molecule has 0 unspecified atom stereocenters. The van der Waals surface area contributed by atoms with Gasteiger partial charge in [0.25, 0.3) is 5.91 Å². The third-order valence-corrected chi connectivity index (χ3v) is 5.73. The van der Waals surface area contributed by atoms with E-state index in [-0.39, 0.29) is 11.9 Å². The molecule has 1 aliphatic carbocycles. The molecule has 0 saturated heterocycles. The number of benzene rings is 1. The number of ether oxygens (including phenoxy) is 1. The molecule has 1 fully saturated rings. The molecule has 0 radical (unpaired) electrons. The van der Waals surface area contributed by atoms with Gasteiger partial charge in [-0.15, -0.1) is 0 Å². The minimum atomic E-state index is -0.532. The molecule has 2 aliphatic rings. The molecule has 1 saturated carbocycles. The number of carbonyl (C=O) groups excluding carboxylic acids is 2. The first kappa shape index (κ1) is 17.7. The summed E-state index contributed by atoms with van der Waals surface area (Å²) in [5.74, 6) is 0.664. The van der Waals surface area contributed by atoms with Crippen molar-refractivity contribution < 1.29 is 14.3 Å². The normalized spacial score (nSPS) is 26.1. The largest absolute Gasteiger partial charge is 0.428 e. The van der Waals surface area contributed by atoms with Gasteiger partial charge in [0.05, 0.1) is 11.1 Å². The van der Waals surface area contributed by atoms with Gasteiger partial charge in [-0.3, -0.25) is 9.59 Å². The molecule has 1 aromatic rings. The second-order valence-corrected chi connectivity index (χ2v) is 7.77. The van der Waals surface area contributed by atoms with Crippen LogP contribution in [0.25, 0.3) is 5.57 Å². The van der Waals surface area contributed by atoms with Crippen LogP contribution in [-0.2, 0) is 14.3 Å². The highest BCUT2D eigenvalue weighted by Gasteiger charge is 2.49. The number of aryl methyl sites for hydroxylation is 3. The predicted molar refractivity (Wildman–Crippen MR) is 97.8 cm³/mol. The molecular weight excluding hydrogens is 314 g/mol. The summed E-state index contributed by atoms with van der Waals surface area (Å²) in [4.78, 5) is 24.7. The van der Waals surface area contributed by atoms with E-state index in [2.05, 4.69) is 25.2 Å². The number of rotatable bonds is 2. The summed E-state index contributed by atoms with van der Waals surface area (Å²) in [6.07, 6.45) is 3.67. The lowest BCUT2D eigenvalue weighted by atomic mass is 9.76. The van der Waals surface area contributed by atoms with Crippen molar-refractivity contribution in [3.63, 3.8) is 0 Å². The molecule has 0 atom stereocenters. The zero-order valence-corrected chi connectivity index (χ0v) is 15.8. The minimum Gasteiger partial charge on any atom is -0.428 e. The van der Waals surface area contributed by atoms with E-state index in [9.17, 15) is 9.59 Å². The quantitative estimate of drug-likeness (QED) is 0.828. The van der Waals surface area contributed by atoms with E-state index in [1.807, 2.05) is 19.9 Å². The Labute approximate surface area is 149 Å². The number of hydrogen-bond acceptors (Lipinski definition) is 3. The summed E-state index contributed by atoms with van der Waals surface area (Å²) >= 11 is 0. The molecule has 1 aromatic carbocycles. The van der Waals surface area contributed by atoms with Crippen molar-refractivity contribution in [2.45, 2.75) is 65.8 Å². The summed E-state index contributed by atoms with van der Waals surface area (Å²) < 4.78 is 5.66. The highest BCUT2D eigenvalue weighted by Crippen LogP contribution is 2.45. The van der Waals surface area contributed by atoms with E-state index in [1.54, 1.807) is 0 Å². The summed E-state index contributed by atoms with van der Waals surface area (Å²) in [5, 5.41) is 3.16. The van der Waals surface area contributed by atoms with Gasteiger partial charge in [-0.05, 0) is 74.6 Å². The molecule has 1 spiro atoms. The predicted octanol–water partition coefficient (Wildman–Crippen LogP) is 3.96. The van der Waals surface area contributed by atoms with Crippen LogP contribution in [0.2, 0.25) is 0 Å². The molecule has 1 aliphatic heterocycles. The highest BCUT2D eigenvalue weighted by atomic mass is 16.5. The van der Waals surface area contributed by atoms with Crippen molar-refractivity contribution in [2.24, 2.45) is 5.92 Å². The lowest BCUT2D eigenvalue weighted by molar-refractivity contribution is -0.138. The lowest BCUT2D eigenvalue weighted by Crippen LogP contribution is -2.47. The van der Waals surface area contributed by atoms with E-state index in [0.717, 1.165) is 42.4 Å². The standard InChI is InChI=1S/C21H27NO3/c1-12-6-8-21(9-7-12)19(25-16(5)23)18(20(24)22-21)17-11-14(3)13(2)10-15(17)4/h10-12H,6-9H2,1-5H3,(H,22,24). The minimum absolute atomic E-state index is 0.128. The molecular formula is C21H27NO3. The Hall–Kier alpha value is -2.10. The van der Waals surface area contributed by atoms with Gasteiger partial charge in [-0.1, -0.05) is 19.1 Å². The molecule has 4 nitrogen and oxygen atoms in total. The van der Waals surface area contributed by atoms with Gasteiger partial charge in [-0.25, -0.2) is 0 Å². The molecule has 0 bridgehead atoms. The van der Waals surface area contributed by atoms with Crippen LogP contribution >= 0.6 is 0 Å². The molecule has 3 rings (SSSR count). The second-order valence-electron chi connectivity index (χ2n) is 7.77. The molecule has 4 heteroatoms. The van der Waals surface area contributed by atoms with E-state index >= 15 is 0 Å². The molecule has 1 N–H and O–H groups in total. The van der Waals surface area contributed by atoms with Crippen LogP contribution in [0.1, 0.15) is 61.8 Å². The van der Waals surface area contributed by atoms with Crippen LogP contribution in [0.4, 0.5) is 0 Å². The monoisotopic (exact) mass is 341 g/mol. The number of nitrogens with one attached hydrogen (secondary N) is 1. The fourth-order valence-electron chi connectivity index (χ4n) is 4.05. The summed E-state index contributed by atoms with van der Waals surface area (Å²) in [7, 11) is 0. The van der Waals surface area contributed by atoms with Crippen molar-refractivity contribution >= 4 is 17.4 Å². The van der Waals surface area contributed by atoms with Gasteiger partial charge in [0.15, 0.2) is 0 Å². The van der Waals surface area contributed by atoms with Gasteiger partial charge in [0.1, 0.15) is 5.76 Å². The number of carbonyl (C=O) groups is 2. The third kappa shape index (κ3) is 3.10. The van der Waals surface area contributed by atoms with Gasteiger partial charge in [0.2, 0.25) is 0 Å². The Kier molecular flexibility index (Phi) is 4.48. The van der Waals surface area contributed by atoms with Crippen LogP contribution < -0.4 is 5.32 Å². The Morgan fingerprint density at radius 3 is 2.32 bits per heavy atom. The van der Waals surface area contributed by atoms with Crippen LogP contribution in [0, 0.1) is 26.7 Å². The highest BCUT2D eigenvalue weighted by molar-refractivity contribution is 6.24. The summed E-state index contributed by atoms with van der Waals surface area (Å²) in [6, 6.07) is 4.12. The summed E-state index contributed by atoms with van der Waals surface area (Å²) in [6.45, 7) is 9.73. The topological polar surface area (TPSA) is 55.4 Å². The van der Waals surface area contributed by atoms with E-state index in [1.165, 1.54) is 12.5 Å². The first-order valence-electron chi connectivity index (χ1n) is 9.07. The van der Waals surface area contributed by atoms with Crippen molar-refractivity contribution in [3.05, 3.63) is 40.1 Å². The summed E-state index contributed by atoms with van der Waals surface area (Å²) in [5.41, 5.74) is 4.21. The van der Waals surface area contributed by atoms with Crippen molar-refractivity contribution in [1.29, 1.82) is 0 Å². The zero-order chi connectivity index (χ0) is 18.4. The average Bonchev–Trinajstić information content (AvgIpc) is 2.78. The molecule has 1 amide bonds. The average molecular weight is 341 g/mol. The van der Waals surface area contributed by atoms with Gasteiger partial charge >= 0.3 is 5.97 Å². The van der Waals surface area contributed by atoms with Crippen molar-refractivity contribution in [3.8, 4) is 0 Å². The fourth-order valence-corrected chi connectivity index (χ4v) is 4.05. The second kappa shape index (κ2) is 6.32. The molecule has 1 heterocycles. The Balaban J connectivity index is 2.17. The number of hydrogen-bond donors (Lipinski definition) is 1.